The van der Waals surface area contributed by atoms with Gasteiger partial charge in [0.25, 0.3) is 0 Å². The van der Waals surface area contributed by atoms with Gasteiger partial charge in [-0.1, -0.05) is 6.07 Å². The van der Waals surface area contributed by atoms with Crippen LogP contribution >= 0.6 is 0 Å². The number of rotatable bonds is 6. The zero-order chi connectivity index (χ0) is 20.1. The van der Waals surface area contributed by atoms with E-state index in [4.69, 9.17) is 9.84 Å². The number of likely N-dealkylation sites (tertiary alicyclic amines) is 1. The molecule has 1 saturated heterocycles. The van der Waals surface area contributed by atoms with Gasteiger partial charge in [-0.15, -0.1) is 0 Å². The molecule has 148 valence electrons. The van der Waals surface area contributed by atoms with Crippen molar-refractivity contribution in [3.8, 4) is 16.9 Å². The van der Waals surface area contributed by atoms with Gasteiger partial charge >= 0.3 is 0 Å². The smallest absolute Gasteiger partial charge is 0.248 e. The first-order valence-corrected chi connectivity index (χ1v) is 8.98. The lowest BCUT2D eigenvalue weighted by atomic mass is 10.0. The average molecular weight is 387 g/mol. The number of halogens is 1. The molecule has 1 aliphatic heterocycles. The van der Waals surface area contributed by atoms with Crippen LogP contribution in [0.4, 0.5) is 10.2 Å². The summed E-state index contributed by atoms with van der Waals surface area (Å²) in [5.74, 6) is 0.566. The minimum Gasteiger partial charge on any atom is -0.487 e. The monoisotopic (exact) mass is 387 g/mol. The van der Waals surface area contributed by atoms with Crippen molar-refractivity contribution in [2.45, 2.75) is 25.6 Å². The number of piperidine rings is 1. The Morgan fingerprint density at radius 3 is 2.86 bits per heavy atom. The van der Waals surface area contributed by atoms with E-state index in [9.17, 15) is 14.0 Å². The highest BCUT2D eigenvalue weighted by Crippen LogP contribution is 2.29. The Hall–Kier alpha value is -3.00. The first kappa shape index (κ1) is 19.8. The molecular weight excluding hydrogens is 365 g/mol. The van der Waals surface area contributed by atoms with E-state index in [1.807, 2.05) is 25.1 Å². The minimum atomic E-state index is -1.32. The second-order valence-corrected chi connectivity index (χ2v) is 6.63. The summed E-state index contributed by atoms with van der Waals surface area (Å²) in [4.78, 5) is 27.5. The van der Waals surface area contributed by atoms with Crippen LogP contribution in [0.15, 0.2) is 36.5 Å². The Kier molecular flexibility index (Phi) is 6.20. The Balaban J connectivity index is 1.70. The van der Waals surface area contributed by atoms with Crippen LogP contribution < -0.4 is 10.1 Å². The zero-order valence-corrected chi connectivity index (χ0v) is 15.5. The van der Waals surface area contributed by atoms with Gasteiger partial charge in [0, 0.05) is 19.2 Å². The van der Waals surface area contributed by atoms with Crippen LogP contribution in [0, 0.1) is 6.92 Å². The lowest BCUT2D eigenvalue weighted by Gasteiger charge is -2.34. The van der Waals surface area contributed by atoms with Crippen molar-refractivity contribution in [3.63, 3.8) is 0 Å². The van der Waals surface area contributed by atoms with Gasteiger partial charge < -0.3 is 20.1 Å². The highest BCUT2D eigenvalue weighted by atomic mass is 19.1. The maximum atomic E-state index is 14.4. The van der Waals surface area contributed by atoms with Gasteiger partial charge in [0.2, 0.25) is 12.3 Å². The summed E-state index contributed by atoms with van der Waals surface area (Å²) < 4.78 is 20.3. The first-order valence-electron chi connectivity index (χ1n) is 8.98. The predicted molar refractivity (Wildman–Crippen MR) is 102 cm³/mol. The average Bonchev–Trinajstić information content (AvgIpc) is 2.70. The zero-order valence-electron chi connectivity index (χ0n) is 15.5. The summed E-state index contributed by atoms with van der Waals surface area (Å²) in [6.45, 7) is 1.54. The van der Waals surface area contributed by atoms with Crippen molar-refractivity contribution in [1.82, 2.24) is 9.88 Å². The number of aryl methyl sites for hydroxylation is 1. The van der Waals surface area contributed by atoms with E-state index >= 15 is 0 Å². The van der Waals surface area contributed by atoms with Crippen molar-refractivity contribution >= 4 is 18.1 Å². The summed E-state index contributed by atoms with van der Waals surface area (Å²) in [7, 11) is 0. The first-order chi connectivity index (χ1) is 13.5. The largest absolute Gasteiger partial charge is 0.487 e. The Bertz CT molecular complexity index is 861. The van der Waals surface area contributed by atoms with Gasteiger partial charge in [-0.25, -0.2) is 9.37 Å². The number of hydrogen-bond acceptors (Lipinski definition) is 5. The molecule has 2 amide bonds. The number of alkyl halides is 1. The number of nitrogens with zero attached hydrogens (tertiary/aromatic N) is 2. The second-order valence-electron chi connectivity index (χ2n) is 6.63. The van der Waals surface area contributed by atoms with E-state index in [2.05, 4.69) is 10.3 Å². The number of benzene rings is 1. The van der Waals surface area contributed by atoms with Crippen molar-refractivity contribution in [2.24, 2.45) is 0 Å². The van der Waals surface area contributed by atoms with Gasteiger partial charge in [-0.2, -0.15) is 0 Å². The topological polar surface area (TPSA) is 91.8 Å². The Labute approximate surface area is 162 Å². The number of carbonyl (C=O) groups excluding carboxylic acids is 2. The van der Waals surface area contributed by atoms with E-state index < -0.39 is 24.8 Å². The van der Waals surface area contributed by atoms with E-state index in [1.165, 1.54) is 4.90 Å². The number of carbonyl (C=O) groups is 2. The molecule has 0 saturated carbocycles. The van der Waals surface area contributed by atoms with Crippen molar-refractivity contribution in [3.05, 3.63) is 42.1 Å². The molecule has 8 heteroatoms. The summed E-state index contributed by atoms with van der Waals surface area (Å²) in [5, 5.41) is 11.4. The number of aromatic nitrogens is 1. The molecule has 3 rings (SSSR count). The number of pyridine rings is 1. The maximum absolute atomic E-state index is 14.4. The van der Waals surface area contributed by atoms with Gasteiger partial charge in [0.1, 0.15) is 24.3 Å². The standard InChI is InChI=1S/C20H22FN3O4/c1-13-8-14(15-4-6-22-19(9-15)23-12-26)2-3-17(13)28-18-5-7-24(10-16(18)21)20(27)11-25/h2-4,6,8-9,12,16,18,25H,5,7,10-11H2,1H3,(H,22,23,26). The van der Waals surface area contributed by atoms with E-state index in [0.29, 0.717) is 30.9 Å². The predicted octanol–water partition coefficient (Wildman–Crippen LogP) is 1.94. The molecule has 0 radical (unpaired) electrons. The minimum absolute atomic E-state index is 0.0787. The number of hydrogen-bond donors (Lipinski definition) is 2. The van der Waals surface area contributed by atoms with Gasteiger partial charge in [0.15, 0.2) is 6.17 Å². The highest BCUT2D eigenvalue weighted by molar-refractivity contribution is 5.77. The van der Waals surface area contributed by atoms with Crippen molar-refractivity contribution < 1.29 is 23.8 Å². The van der Waals surface area contributed by atoms with Crippen LogP contribution in [-0.4, -0.2) is 59.3 Å². The van der Waals surface area contributed by atoms with Crippen molar-refractivity contribution in [2.75, 3.05) is 25.0 Å². The SMILES string of the molecule is Cc1cc(-c2ccnc(NC=O)c2)ccc1OC1CCN(C(=O)CO)CC1F. The molecule has 1 aliphatic rings. The lowest BCUT2D eigenvalue weighted by molar-refractivity contribution is -0.138. The third-order valence-electron chi connectivity index (χ3n) is 4.72. The summed E-state index contributed by atoms with van der Waals surface area (Å²) in [5.41, 5.74) is 2.65. The number of aliphatic hydroxyl groups is 1. The number of amides is 2. The van der Waals surface area contributed by atoms with E-state index in [1.54, 1.807) is 18.3 Å². The van der Waals surface area contributed by atoms with Crippen LogP contribution in [0.25, 0.3) is 11.1 Å². The fourth-order valence-corrected chi connectivity index (χ4v) is 3.22. The van der Waals surface area contributed by atoms with Crippen LogP contribution in [0.3, 0.4) is 0 Å². The third-order valence-corrected chi connectivity index (χ3v) is 4.72. The van der Waals surface area contributed by atoms with Crippen LogP contribution in [0.5, 0.6) is 5.75 Å². The Morgan fingerprint density at radius 1 is 1.39 bits per heavy atom. The molecule has 0 aliphatic carbocycles. The molecule has 0 bridgehead atoms. The summed E-state index contributed by atoms with van der Waals surface area (Å²) in [6, 6.07) is 9.16. The van der Waals surface area contributed by atoms with Crippen LogP contribution in [-0.2, 0) is 9.59 Å². The molecule has 2 unspecified atom stereocenters. The fourth-order valence-electron chi connectivity index (χ4n) is 3.22. The lowest BCUT2D eigenvalue weighted by Crippen LogP contribution is -2.50. The maximum Gasteiger partial charge on any atom is 0.248 e. The number of ether oxygens (including phenoxy) is 1. The van der Waals surface area contributed by atoms with Gasteiger partial charge in [-0.3, -0.25) is 9.59 Å². The molecule has 28 heavy (non-hydrogen) atoms. The molecule has 1 fully saturated rings. The van der Waals surface area contributed by atoms with Gasteiger partial charge in [-0.05, 0) is 47.9 Å². The molecule has 1 aromatic heterocycles. The molecule has 2 atom stereocenters. The third kappa shape index (κ3) is 4.45. The second kappa shape index (κ2) is 8.79. The highest BCUT2D eigenvalue weighted by Gasteiger charge is 2.33. The number of anilines is 1. The molecule has 2 heterocycles. The van der Waals surface area contributed by atoms with Gasteiger partial charge in [0.05, 0.1) is 6.54 Å². The normalized spacial score (nSPS) is 19.2. The van der Waals surface area contributed by atoms with Crippen LogP contribution in [0.1, 0.15) is 12.0 Å². The Morgan fingerprint density at radius 2 is 2.18 bits per heavy atom. The molecular formula is C20H22FN3O4. The number of nitrogens with one attached hydrogen (secondary N) is 1. The quantitative estimate of drug-likeness (QED) is 0.739. The van der Waals surface area contributed by atoms with E-state index in [0.717, 1.165) is 16.7 Å². The summed E-state index contributed by atoms with van der Waals surface area (Å²) >= 11 is 0. The molecule has 2 N–H and O–H groups in total. The molecule has 2 aromatic rings. The summed E-state index contributed by atoms with van der Waals surface area (Å²) in [6.07, 6.45) is 0.577. The molecule has 0 spiro atoms. The number of aliphatic hydroxyl groups excluding tert-OH is 1. The van der Waals surface area contributed by atoms with Crippen molar-refractivity contribution in [1.29, 1.82) is 0 Å². The fraction of sp³-hybridized carbons (Fsp3) is 0.350. The van der Waals surface area contributed by atoms with E-state index in [-0.39, 0.29) is 6.54 Å². The van der Waals surface area contributed by atoms with Crippen LogP contribution in [0.2, 0.25) is 0 Å². The molecule has 1 aromatic carbocycles. The molecule has 7 nitrogen and oxygen atoms in total.